The molecule has 2 N–H and O–H groups in total. The van der Waals surface area contributed by atoms with E-state index in [9.17, 15) is 4.79 Å². The SMILES string of the molecule is NC(=O)c1ccc2cc(Cl)cc(Cl)c2n1. The third-order valence-corrected chi connectivity index (χ3v) is 2.47. The van der Waals surface area contributed by atoms with Crippen molar-refractivity contribution in [3.05, 3.63) is 40.0 Å². The number of fused-ring (bicyclic) bond motifs is 1. The standard InChI is InChI=1S/C10H6Cl2N2O/c11-6-3-5-1-2-8(10(13)15)14-9(5)7(12)4-6/h1-4H,(H2,13,15). The summed E-state index contributed by atoms with van der Waals surface area (Å²) < 4.78 is 0. The highest BCUT2D eigenvalue weighted by Crippen LogP contribution is 2.26. The summed E-state index contributed by atoms with van der Waals surface area (Å²) in [5.74, 6) is -0.581. The van der Waals surface area contributed by atoms with Crippen LogP contribution in [0.1, 0.15) is 10.5 Å². The Morgan fingerprint density at radius 2 is 2.00 bits per heavy atom. The Labute approximate surface area is 95.8 Å². The van der Waals surface area contributed by atoms with Gasteiger partial charge in [-0.3, -0.25) is 4.79 Å². The second-order valence-electron chi connectivity index (χ2n) is 3.02. The molecule has 15 heavy (non-hydrogen) atoms. The van der Waals surface area contributed by atoms with Gasteiger partial charge in [0.2, 0.25) is 0 Å². The van der Waals surface area contributed by atoms with Gasteiger partial charge in [-0.2, -0.15) is 0 Å². The van der Waals surface area contributed by atoms with Gasteiger partial charge < -0.3 is 5.73 Å². The first-order valence-corrected chi connectivity index (χ1v) is 4.89. The molecule has 0 aliphatic carbocycles. The average Bonchev–Trinajstić information content (AvgIpc) is 2.16. The third-order valence-electron chi connectivity index (χ3n) is 1.96. The van der Waals surface area contributed by atoms with Gasteiger partial charge in [0.1, 0.15) is 5.69 Å². The molecule has 3 nitrogen and oxygen atoms in total. The number of nitrogens with two attached hydrogens (primary N) is 1. The Bertz CT molecular complexity index is 554. The second-order valence-corrected chi connectivity index (χ2v) is 3.86. The van der Waals surface area contributed by atoms with Crippen LogP contribution in [0, 0.1) is 0 Å². The van der Waals surface area contributed by atoms with Crippen LogP contribution < -0.4 is 5.73 Å². The van der Waals surface area contributed by atoms with E-state index >= 15 is 0 Å². The van der Waals surface area contributed by atoms with Gasteiger partial charge in [-0.05, 0) is 18.2 Å². The first-order valence-electron chi connectivity index (χ1n) is 4.13. The minimum atomic E-state index is -0.581. The largest absolute Gasteiger partial charge is 0.364 e. The molecule has 0 atom stereocenters. The Morgan fingerprint density at radius 1 is 1.27 bits per heavy atom. The summed E-state index contributed by atoms with van der Waals surface area (Å²) in [6.07, 6.45) is 0. The summed E-state index contributed by atoms with van der Waals surface area (Å²) in [4.78, 5) is 15.0. The van der Waals surface area contributed by atoms with Crippen molar-refractivity contribution in [2.24, 2.45) is 5.73 Å². The minimum Gasteiger partial charge on any atom is -0.364 e. The van der Waals surface area contributed by atoms with E-state index in [-0.39, 0.29) is 5.69 Å². The van der Waals surface area contributed by atoms with Crippen molar-refractivity contribution in [2.75, 3.05) is 0 Å². The Morgan fingerprint density at radius 3 is 2.67 bits per heavy atom. The molecule has 1 heterocycles. The summed E-state index contributed by atoms with van der Waals surface area (Å²) in [6.45, 7) is 0. The zero-order chi connectivity index (χ0) is 11.0. The maximum absolute atomic E-state index is 10.9. The Hall–Kier alpha value is -1.32. The van der Waals surface area contributed by atoms with E-state index in [1.165, 1.54) is 6.07 Å². The molecular weight excluding hydrogens is 235 g/mol. The Balaban J connectivity index is 2.76. The van der Waals surface area contributed by atoms with Crippen LogP contribution in [-0.2, 0) is 0 Å². The molecule has 0 spiro atoms. The number of carbonyl (C=O) groups is 1. The predicted molar refractivity (Wildman–Crippen MR) is 60.3 cm³/mol. The molecule has 0 saturated heterocycles. The average molecular weight is 241 g/mol. The lowest BCUT2D eigenvalue weighted by atomic mass is 10.2. The van der Waals surface area contributed by atoms with Crippen molar-refractivity contribution in [1.82, 2.24) is 4.98 Å². The van der Waals surface area contributed by atoms with E-state index in [1.807, 2.05) is 0 Å². The topological polar surface area (TPSA) is 56.0 Å². The van der Waals surface area contributed by atoms with Gasteiger partial charge >= 0.3 is 0 Å². The first kappa shape index (κ1) is 10.2. The number of rotatable bonds is 1. The highest BCUT2D eigenvalue weighted by Gasteiger charge is 2.07. The van der Waals surface area contributed by atoms with Crippen molar-refractivity contribution >= 4 is 40.0 Å². The summed E-state index contributed by atoms with van der Waals surface area (Å²) in [5, 5.41) is 1.71. The second kappa shape index (κ2) is 3.68. The monoisotopic (exact) mass is 240 g/mol. The lowest BCUT2D eigenvalue weighted by Crippen LogP contribution is -2.12. The van der Waals surface area contributed by atoms with Gasteiger partial charge in [-0.25, -0.2) is 4.98 Å². The van der Waals surface area contributed by atoms with Crippen molar-refractivity contribution < 1.29 is 4.79 Å². The number of hydrogen-bond acceptors (Lipinski definition) is 2. The van der Waals surface area contributed by atoms with E-state index in [2.05, 4.69) is 4.98 Å². The van der Waals surface area contributed by atoms with Crippen molar-refractivity contribution in [1.29, 1.82) is 0 Å². The fourth-order valence-corrected chi connectivity index (χ4v) is 1.85. The zero-order valence-electron chi connectivity index (χ0n) is 7.50. The van der Waals surface area contributed by atoms with E-state index < -0.39 is 5.91 Å². The van der Waals surface area contributed by atoms with Crippen LogP contribution in [0.4, 0.5) is 0 Å². The molecule has 2 rings (SSSR count). The van der Waals surface area contributed by atoms with Crippen LogP contribution >= 0.6 is 23.2 Å². The third kappa shape index (κ3) is 1.89. The molecule has 76 valence electrons. The first-order chi connectivity index (χ1) is 7.08. The molecule has 0 aliphatic heterocycles. The van der Waals surface area contributed by atoms with E-state index in [4.69, 9.17) is 28.9 Å². The number of aromatic nitrogens is 1. The maximum Gasteiger partial charge on any atom is 0.267 e. The van der Waals surface area contributed by atoms with Crippen LogP contribution in [0.15, 0.2) is 24.3 Å². The fourth-order valence-electron chi connectivity index (χ4n) is 1.29. The number of carbonyl (C=O) groups excluding carboxylic acids is 1. The molecular formula is C10H6Cl2N2O. The predicted octanol–water partition coefficient (Wildman–Crippen LogP) is 2.64. The summed E-state index contributed by atoms with van der Waals surface area (Å²) in [6, 6.07) is 6.54. The van der Waals surface area contributed by atoms with Gasteiger partial charge in [0.05, 0.1) is 10.5 Å². The molecule has 2 aromatic rings. The highest BCUT2D eigenvalue weighted by atomic mass is 35.5. The molecule has 1 amide bonds. The quantitative estimate of drug-likeness (QED) is 0.834. The lowest BCUT2D eigenvalue weighted by molar-refractivity contribution is 0.0996. The molecule has 0 radical (unpaired) electrons. The number of pyridine rings is 1. The van der Waals surface area contributed by atoms with E-state index in [0.717, 1.165) is 5.39 Å². The lowest BCUT2D eigenvalue weighted by Gasteiger charge is -2.02. The Kier molecular flexibility index (Phi) is 2.50. The number of amides is 1. The van der Waals surface area contributed by atoms with Crippen LogP contribution in [-0.4, -0.2) is 10.9 Å². The van der Waals surface area contributed by atoms with Crippen LogP contribution in [0.3, 0.4) is 0 Å². The van der Waals surface area contributed by atoms with Gasteiger partial charge in [0.25, 0.3) is 5.91 Å². The summed E-state index contributed by atoms with van der Waals surface area (Å²) in [5.41, 5.74) is 5.83. The molecule has 0 aliphatic rings. The normalized spacial score (nSPS) is 10.5. The van der Waals surface area contributed by atoms with Gasteiger partial charge in [-0.15, -0.1) is 0 Å². The van der Waals surface area contributed by atoms with E-state index in [1.54, 1.807) is 18.2 Å². The number of hydrogen-bond donors (Lipinski definition) is 1. The van der Waals surface area contributed by atoms with Gasteiger partial charge in [0.15, 0.2) is 0 Å². The van der Waals surface area contributed by atoms with Crippen LogP contribution in [0.5, 0.6) is 0 Å². The zero-order valence-corrected chi connectivity index (χ0v) is 9.01. The number of benzene rings is 1. The summed E-state index contributed by atoms with van der Waals surface area (Å²) >= 11 is 11.8. The number of nitrogens with zero attached hydrogens (tertiary/aromatic N) is 1. The molecule has 1 aromatic carbocycles. The van der Waals surface area contributed by atoms with Gasteiger partial charge in [0, 0.05) is 10.4 Å². The maximum atomic E-state index is 10.9. The molecule has 0 unspecified atom stereocenters. The van der Waals surface area contributed by atoms with Crippen LogP contribution in [0.2, 0.25) is 10.0 Å². The van der Waals surface area contributed by atoms with E-state index in [0.29, 0.717) is 15.6 Å². The summed E-state index contributed by atoms with van der Waals surface area (Å²) in [7, 11) is 0. The minimum absolute atomic E-state index is 0.187. The fraction of sp³-hybridized carbons (Fsp3) is 0. The van der Waals surface area contributed by atoms with Crippen molar-refractivity contribution in [2.45, 2.75) is 0 Å². The molecule has 1 aromatic heterocycles. The number of primary amides is 1. The highest BCUT2D eigenvalue weighted by molar-refractivity contribution is 6.38. The smallest absolute Gasteiger partial charge is 0.267 e. The molecule has 0 saturated carbocycles. The number of halogens is 2. The molecule has 0 fully saturated rings. The van der Waals surface area contributed by atoms with Crippen molar-refractivity contribution in [3.63, 3.8) is 0 Å². The molecule has 5 heteroatoms. The molecule has 0 bridgehead atoms. The van der Waals surface area contributed by atoms with Crippen LogP contribution in [0.25, 0.3) is 10.9 Å². The van der Waals surface area contributed by atoms with Crippen molar-refractivity contribution in [3.8, 4) is 0 Å². The van der Waals surface area contributed by atoms with Gasteiger partial charge in [-0.1, -0.05) is 29.3 Å².